The van der Waals surface area contributed by atoms with Crippen LogP contribution in [0.25, 0.3) is 0 Å². The van der Waals surface area contributed by atoms with Crippen LogP contribution in [0.15, 0.2) is 78.4 Å². The molecule has 0 unspecified atom stereocenters. The molecule has 1 aliphatic carbocycles. The fraction of sp³-hybridized carbons (Fsp3) is 0.389. The second-order valence-electron chi connectivity index (χ2n) is 11.7. The minimum Gasteiger partial charge on any atom is -0.497 e. The molecular formula is C36H42N2O9. The van der Waals surface area contributed by atoms with Crippen LogP contribution in [0.1, 0.15) is 42.4 Å². The van der Waals surface area contributed by atoms with Gasteiger partial charge >= 0.3 is 0 Å². The van der Waals surface area contributed by atoms with Gasteiger partial charge in [0.15, 0.2) is 5.60 Å². The first-order chi connectivity index (χ1) is 22.7. The van der Waals surface area contributed by atoms with Gasteiger partial charge in [0, 0.05) is 36.7 Å². The average Bonchev–Trinajstić information content (AvgIpc) is 3.22. The number of aliphatic hydroxyl groups excluding tert-OH is 2. The number of hydrogen-bond donors (Lipinski definition) is 5. The molecule has 11 nitrogen and oxygen atoms in total. The molecule has 0 aromatic heterocycles. The van der Waals surface area contributed by atoms with Gasteiger partial charge in [-0.2, -0.15) is 0 Å². The number of fused-ring (bicyclic) bond motifs is 4. The van der Waals surface area contributed by atoms with Gasteiger partial charge in [0.05, 0.1) is 39.4 Å². The molecule has 2 bridgehead atoms. The molecule has 1 fully saturated rings. The number of nitrogens with one attached hydrogen (secondary N) is 2. The van der Waals surface area contributed by atoms with Crippen molar-refractivity contribution >= 4 is 11.8 Å². The maximum Gasteiger partial charge on any atom is 0.246 e. The largest absolute Gasteiger partial charge is 0.497 e. The average molecular weight is 647 g/mol. The minimum absolute atomic E-state index is 0.215. The maximum absolute atomic E-state index is 14.5. The number of hydrogen-bond acceptors (Lipinski definition) is 9. The van der Waals surface area contributed by atoms with Crippen LogP contribution in [0.3, 0.4) is 0 Å². The van der Waals surface area contributed by atoms with Gasteiger partial charge in [-0.3, -0.25) is 9.59 Å². The Morgan fingerprint density at radius 3 is 2.19 bits per heavy atom. The van der Waals surface area contributed by atoms with Gasteiger partial charge in [-0.15, -0.1) is 0 Å². The monoisotopic (exact) mass is 646 g/mol. The lowest BCUT2D eigenvalue weighted by molar-refractivity contribution is -0.159. The molecule has 47 heavy (non-hydrogen) atoms. The molecule has 1 saturated carbocycles. The molecule has 3 aromatic rings. The molecular weight excluding hydrogens is 604 g/mol. The van der Waals surface area contributed by atoms with Crippen LogP contribution in [0.4, 0.5) is 0 Å². The summed E-state index contributed by atoms with van der Waals surface area (Å²) < 4.78 is 23.4. The fourth-order valence-corrected chi connectivity index (χ4v) is 6.93. The zero-order chi connectivity index (χ0) is 33.8. The summed E-state index contributed by atoms with van der Waals surface area (Å²) in [7, 11) is 4.50. The summed E-state index contributed by atoms with van der Waals surface area (Å²) in [4.78, 5) is 26.6. The number of benzene rings is 3. The topological polar surface area (TPSA) is 156 Å². The molecule has 1 heterocycles. The Balaban J connectivity index is 1.56. The van der Waals surface area contributed by atoms with Crippen molar-refractivity contribution in [1.82, 2.24) is 10.6 Å². The molecule has 1 aliphatic heterocycles. The van der Waals surface area contributed by atoms with Gasteiger partial charge in [0.25, 0.3) is 0 Å². The minimum atomic E-state index is -2.03. The first kappa shape index (κ1) is 33.8. The van der Waals surface area contributed by atoms with E-state index in [2.05, 4.69) is 10.6 Å². The summed E-state index contributed by atoms with van der Waals surface area (Å²) >= 11 is 0. The molecule has 250 valence electrons. The number of amides is 2. The number of aliphatic hydroxyl groups is 3. The normalized spacial score (nSPS) is 24.5. The van der Waals surface area contributed by atoms with Crippen molar-refractivity contribution in [3.63, 3.8) is 0 Å². The SMILES string of the molecule is COc1ccc([C@@]23Oc4cc(OC)cc(OC)c4[C@@](O)([C@@H](c4ccccc4)[C@@H]2C(=O)NCCCCNC(=O)/C(C)=C/CO)[C@@H]3O)cc1. The van der Waals surface area contributed by atoms with Crippen LogP contribution >= 0.6 is 0 Å². The smallest absolute Gasteiger partial charge is 0.246 e. The lowest BCUT2D eigenvalue weighted by atomic mass is 9.75. The molecule has 0 spiro atoms. The molecule has 2 aliphatic rings. The van der Waals surface area contributed by atoms with E-state index in [1.165, 1.54) is 20.3 Å². The van der Waals surface area contributed by atoms with Crippen molar-refractivity contribution < 1.29 is 43.9 Å². The Morgan fingerprint density at radius 1 is 0.915 bits per heavy atom. The van der Waals surface area contributed by atoms with Gasteiger partial charge in [-0.1, -0.05) is 48.5 Å². The first-order valence-electron chi connectivity index (χ1n) is 15.6. The predicted octanol–water partition coefficient (Wildman–Crippen LogP) is 2.91. The van der Waals surface area contributed by atoms with Crippen molar-refractivity contribution in [2.24, 2.45) is 5.92 Å². The van der Waals surface area contributed by atoms with Crippen molar-refractivity contribution in [2.75, 3.05) is 41.0 Å². The van der Waals surface area contributed by atoms with E-state index in [9.17, 15) is 19.8 Å². The van der Waals surface area contributed by atoms with Crippen LogP contribution in [0.2, 0.25) is 0 Å². The number of carbonyl (C=O) groups excluding carboxylic acids is 2. The summed E-state index contributed by atoms with van der Waals surface area (Å²) in [5, 5.41) is 40.2. The summed E-state index contributed by atoms with van der Waals surface area (Å²) in [6, 6.07) is 19.3. The summed E-state index contributed by atoms with van der Waals surface area (Å²) in [5.41, 5.74) is -2.00. The number of ether oxygens (including phenoxy) is 4. The highest BCUT2D eigenvalue weighted by Gasteiger charge is 2.76. The van der Waals surface area contributed by atoms with E-state index < -0.39 is 35.0 Å². The standard InChI is InChI=1S/C36H42N2O9/c1-22(16-19-39)32(40)37-17-8-9-18-38-33(41)31-29(23-10-6-5-7-11-23)35(43)30-27(46-4)20-26(45-3)21-28(30)47-36(31,34(35)42)24-12-14-25(44-2)15-13-24/h5-7,10-16,20-21,29,31,34,39,42-43H,8-9,17-19H2,1-4H3,(H,37,40)(H,38,41)/b22-16+/t29-,31+,34-,35-,36+/m0/s1. The molecule has 3 aromatic carbocycles. The van der Waals surface area contributed by atoms with Crippen molar-refractivity contribution in [3.8, 4) is 23.0 Å². The van der Waals surface area contributed by atoms with Crippen molar-refractivity contribution in [2.45, 2.75) is 43.0 Å². The second-order valence-corrected chi connectivity index (χ2v) is 11.7. The molecule has 5 atom stereocenters. The Morgan fingerprint density at radius 2 is 1.57 bits per heavy atom. The fourth-order valence-electron chi connectivity index (χ4n) is 6.93. The third-order valence-electron chi connectivity index (χ3n) is 9.19. The van der Waals surface area contributed by atoms with Crippen LogP contribution in [-0.4, -0.2) is 74.3 Å². The van der Waals surface area contributed by atoms with E-state index in [1.54, 1.807) is 50.4 Å². The maximum atomic E-state index is 14.5. The van der Waals surface area contributed by atoms with Crippen LogP contribution in [0.5, 0.6) is 23.0 Å². The Kier molecular flexibility index (Phi) is 10.1. The number of methoxy groups -OCH3 is 3. The Labute approximate surface area is 274 Å². The van der Waals surface area contributed by atoms with Crippen LogP contribution < -0.4 is 29.6 Å². The number of unbranched alkanes of at least 4 members (excludes halogenated alkanes) is 1. The van der Waals surface area contributed by atoms with E-state index in [4.69, 9.17) is 24.1 Å². The van der Waals surface area contributed by atoms with Crippen LogP contribution in [0, 0.1) is 5.92 Å². The summed E-state index contributed by atoms with van der Waals surface area (Å²) in [6.45, 7) is 2.07. The van der Waals surface area contributed by atoms with Gasteiger partial charge in [-0.05, 0) is 43.0 Å². The van der Waals surface area contributed by atoms with E-state index in [1.807, 2.05) is 30.3 Å². The molecule has 0 radical (unpaired) electrons. The second kappa shape index (κ2) is 14.0. The first-order valence-corrected chi connectivity index (χ1v) is 15.6. The highest BCUT2D eigenvalue weighted by molar-refractivity contribution is 5.92. The van der Waals surface area contributed by atoms with E-state index in [-0.39, 0.29) is 36.1 Å². The molecule has 2 amide bonds. The van der Waals surface area contributed by atoms with Crippen molar-refractivity contribution in [3.05, 3.63) is 95.1 Å². The molecule has 0 saturated heterocycles. The van der Waals surface area contributed by atoms with Crippen LogP contribution in [-0.2, 0) is 20.8 Å². The number of carbonyl (C=O) groups is 2. The van der Waals surface area contributed by atoms with Gasteiger partial charge in [-0.25, -0.2) is 0 Å². The lowest BCUT2D eigenvalue weighted by Gasteiger charge is -2.45. The van der Waals surface area contributed by atoms with Gasteiger partial charge < -0.3 is 44.9 Å². The van der Waals surface area contributed by atoms with E-state index in [0.717, 1.165) is 0 Å². The lowest BCUT2D eigenvalue weighted by Crippen LogP contribution is -2.56. The third kappa shape index (κ3) is 5.90. The third-order valence-corrected chi connectivity index (χ3v) is 9.19. The van der Waals surface area contributed by atoms with E-state index >= 15 is 0 Å². The van der Waals surface area contributed by atoms with Crippen molar-refractivity contribution in [1.29, 1.82) is 0 Å². The predicted molar refractivity (Wildman–Crippen MR) is 174 cm³/mol. The Bertz CT molecular complexity index is 1610. The molecule has 5 rings (SSSR count). The highest BCUT2D eigenvalue weighted by Crippen LogP contribution is 2.68. The summed E-state index contributed by atoms with van der Waals surface area (Å²) in [5.74, 6) is -1.32. The van der Waals surface area contributed by atoms with E-state index in [0.29, 0.717) is 47.6 Å². The van der Waals surface area contributed by atoms with Gasteiger partial charge in [0.1, 0.15) is 34.7 Å². The zero-order valence-corrected chi connectivity index (χ0v) is 27.0. The zero-order valence-electron chi connectivity index (χ0n) is 27.0. The Hall–Kier alpha value is -4.58. The molecule has 5 N–H and O–H groups in total. The number of rotatable bonds is 13. The summed E-state index contributed by atoms with van der Waals surface area (Å²) in [6.07, 6.45) is 0.959. The quantitative estimate of drug-likeness (QED) is 0.139. The highest BCUT2D eigenvalue weighted by atomic mass is 16.5. The molecule has 11 heteroatoms. The van der Waals surface area contributed by atoms with Gasteiger partial charge in [0.2, 0.25) is 11.8 Å².